The van der Waals surface area contributed by atoms with Crippen LogP contribution in [0.15, 0.2) is 12.4 Å². The third kappa shape index (κ3) is 3.06. The highest BCUT2D eigenvalue weighted by atomic mass is 35.5. The van der Waals surface area contributed by atoms with Gasteiger partial charge in [-0.3, -0.25) is 4.98 Å². The van der Waals surface area contributed by atoms with Crippen LogP contribution in [-0.2, 0) is 0 Å². The molecule has 2 atom stereocenters. The second-order valence-electron chi connectivity index (χ2n) is 4.14. The van der Waals surface area contributed by atoms with Gasteiger partial charge in [-0.05, 0) is 19.3 Å². The minimum atomic E-state index is 0.0373. The third-order valence-electron chi connectivity index (χ3n) is 2.86. The fourth-order valence-corrected chi connectivity index (χ4v) is 2.13. The SMILES string of the molecule is NC1CCCCCC1Oc1cncc(Cl)n1. The lowest BCUT2D eigenvalue weighted by atomic mass is 10.1. The number of nitrogens with two attached hydrogens (primary N) is 1. The summed E-state index contributed by atoms with van der Waals surface area (Å²) in [6.07, 6.45) is 8.66. The molecule has 16 heavy (non-hydrogen) atoms. The van der Waals surface area contributed by atoms with Crippen LogP contribution >= 0.6 is 11.6 Å². The van der Waals surface area contributed by atoms with Crippen molar-refractivity contribution in [2.45, 2.75) is 44.2 Å². The lowest BCUT2D eigenvalue weighted by Gasteiger charge is -2.21. The van der Waals surface area contributed by atoms with Crippen molar-refractivity contribution < 1.29 is 4.74 Å². The number of ether oxygens (including phenoxy) is 1. The van der Waals surface area contributed by atoms with Gasteiger partial charge in [0.25, 0.3) is 0 Å². The van der Waals surface area contributed by atoms with Crippen LogP contribution in [0.2, 0.25) is 5.15 Å². The maximum atomic E-state index is 6.06. The predicted molar refractivity (Wildman–Crippen MR) is 62.5 cm³/mol. The molecule has 1 aliphatic rings. The molecular formula is C11H16ClN3O. The zero-order valence-electron chi connectivity index (χ0n) is 9.10. The minimum absolute atomic E-state index is 0.0373. The predicted octanol–water partition coefficient (Wildman–Crippen LogP) is 2.17. The van der Waals surface area contributed by atoms with Gasteiger partial charge in [0.1, 0.15) is 6.10 Å². The van der Waals surface area contributed by atoms with Crippen LogP contribution in [-0.4, -0.2) is 22.1 Å². The summed E-state index contributed by atoms with van der Waals surface area (Å²) in [5, 5.41) is 0.347. The Morgan fingerprint density at radius 3 is 2.88 bits per heavy atom. The molecule has 1 heterocycles. The van der Waals surface area contributed by atoms with Crippen molar-refractivity contribution in [2.24, 2.45) is 5.73 Å². The molecule has 2 unspecified atom stereocenters. The third-order valence-corrected chi connectivity index (χ3v) is 3.04. The Kier molecular flexibility index (Phi) is 3.96. The van der Waals surface area contributed by atoms with Gasteiger partial charge in [-0.1, -0.05) is 24.4 Å². The van der Waals surface area contributed by atoms with Crippen LogP contribution < -0.4 is 10.5 Å². The molecule has 1 aromatic rings. The lowest BCUT2D eigenvalue weighted by Crippen LogP contribution is -2.38. The molecule has 0 radical (unpaired) electrons. The molecule has 1 fully saturated rings. The van der Waals surface area contributed by atoms with E-state index in [2.05, 4.69) is 9.97 Å². The fraction of sp³-hybridized carbons (Fsp3) is 0.636. The molecule has 0 aliphatic heterocycles. The van der Waals surface area contributed by atoms with Crippen molar-refractivity contribution in [3.8, 4) is 5.88 Å². The average Bonchev–Trinajstić information content (AvgIpc) is 2.45. The van der Waals surface area contributed by atoms with Gasteiger partial charge in [0, 0.05) is 6.04 Å². The number of nitrogens with zero attached hydrogens (tertiary/aromatic N) is 2. The molecule has 0 aromatic carbocycles. The smallest absolute Gasteiger partial charge is 0.234 e. The quantitative estimate of drug-likeness (QED) is 0.807. The van der Waals surface area contributed by atoms with Gasteiger partial charge < -0.3 is 10.5 Å². The highest BCUT2D eigenvalue weighted by Gasteiger charge is 2.22. The van der Waals surface area contributed by atoms with E-state index < -0.39 is 0 Å². The van der Waals surface area contributed by atoms with E-state index in [1.807, 2.05) is 0 Å². The van der Waals surface area contributed by atoms with Gasteiger partial charge in [-0.15, -0.1) is 0 Å². The summed E-state index contributed by atoms with van der Waals surface area (Å²) >= 11 is 5.75. The second-order valence-corrected chi connectivity index (χ2v) is 4.53. The van der Waals surface area contributed by atoms with E-state index in [4.69, 9.17) is 22.1 Å². The minimum Gasteiger partial charge on any atom is -0.472 e. The van der Waals surface area contributed by atoms with Crippen molar-refractivity contribution >= 4 is 11.6 Å². The molecular weight excluding hydrogens is 226 g/mol. The van der Waals surface area contributed by atoms with E-state index in [9.17, 15) is 0 Å². The normalized spacial score (nSPS) is 26.1. The van der Waals surface area contributed by atoms with Crippen molar-refractivity contribution in [1.82, 2.24) is 9.97 Å². The molecule has 0 bridgehead atoms. The van der Waals surface area contributed by atoms with Gasteiger partial charge in [0.05, 0.1) is 12.4 Å². The van der Waals surface area contributed by atoms with Gasteiger partial charge >= 0.3 is 0 Å². The Bertz CT molecular complexity index is 348. The van der Waals surface area contributed by atoms with Crippen LogP contribution in [0.3, 0.4) is 0 Å². The van der Waals surface area contributed by atoms with Gasteiger partial charge in [-0.25, -0.2) is 0 Å². The first-order valence-corrected chi connectivity index (χ1v) is 6.03. The molecule has 88 valence electrons. The summed E-state index contributed by atoms with van der Waals surface area (Å²) < 4.78 is 5.75. The van der Waals surface area contributed by atoms with E-state index >= 15 is 0 Å². The van der Waals surface area contributed by atoms with Gasteiger partial charge in [0.2, 0.25) is 5.88 Å². The molecule has 1 aromatic heterocycles. The lowest BCUT2D eigenvalue weighted by molar-refractivity contribution is 0.155. The van der Waals surface area contributed by atoms with E-state index in [0.717, 1.165) is 19.3 Å². The number of hydrogen-bond acceptors (Lipinski definition) is 4. The molecule has 2 N–H and O–H groups in total. The first-order valence-electron chi connectivity index (χ1n) is 5.65. The van der Waals surface area contributed by atoms with Crippen molar-refractivity contribution in [2.75, 3.05) is 0 Å². The molecule has 0 spiro atoms. The summed E-state index contributed by atoms with van der Waals surface area (Å²) in [5.41, 5.74) is 6.06. The topological polar surface area (TPSA) is 61.0 Å². The highest BCUT2D eigenvalue weighted by Crippen LogP contribution is 2.21. The Morgan fingerprint density at radius 1 is 1.25 bits per heavy atom. The number of rotatable bonds is 2. The van der Waals surface area contributed by atoms with Crippen LogP contribution in [0, 0.1) is 0 Å². The Morgan fingerprint density at radius 2 is 2.06 bits per heavy atom. The molecule has 5 heteroatoms. The average molecular weight is 242 g/mol. The summed E-state index contributed by atoms with van der Waals surface area (Å²) in [7, 11) is 0. The maximum Gasteiger partial charge on any atom is 0.234 e. The zero-order chi connectivity index (χ0) is 11.4. The second kappa shape index (κ2) is 5.46. The monoisotopic (exact) mass is 241 g/mol. The Labute approximate surface area is 100 Å². The van der Waals surface area contributed by atoms with E-state index in [0.29, 0.717) is 11.0 Å². The molecule has 2 rings (SSSR count). The molecule has 4 nitrogen and oxygen atoms in total. The number of hydrogen-bond donors (Lipinski definition) is 1. The summed E-state index contributed by atoms with van der Waals surface area (Å²) in [4.78, 5) is 8.00. The van der Waals surface area contributed by atoms with Crippen LogP contribution in [0.4, 0.5) is 0 Å². The zero-order valence-corrected chi connectivity index (χ0v) is 9.86. The standard InChI is InChI=1S/C11H16ClN3O/c12-10-6-14-7-11(15-10)16-9-5-3-1-2-4-8(9)13/h6-9H,1-5,13H2. The number of aromatic nitrogens is 2. The number of halogens is 1. The van der Waals surface area contributed by atoms with Gasteiger partial charge in [-0.2, -0.15) is 4.98 Å². The van der Waals surface area contributed by atoms with E-state index in [1.165, 1.54) is 19.0 Å². The van der Waals surface area contributed by atoms with E-state index in [-0.39, 0.29) is 12.1 Å². The maximum absolute atomic E-state index is 6.06. The molecule has 1 saturated carbocycles. The van der Waals surface area contributed by atoms with Crippen molar-refractivity contribution in [3.05, 3.63) is 17.5 Å². The highest BCUT2D eigenvalue weighted by molar-refractivity contribution is 6.29. The molecule has 0 amide bonds. The van der Waals surface area contributed by atoms with Crippen LogP contribution in [0.1, 0.15) is 32.1 Å². The Hall–Kier alpha value is -0.870. The fourth-order valence-electron chi connectivity index (χ4n) is 1.99. The largest absolute Gasteiger partial charge is 0.472 e. The molecule has 1 aliphatic carbocycles. The summed E-state index contributed by atoms with van der Waals surface area (Å²) in [6, 6.07) is 0.0864. The van der Waals surface area contributed by atoms with E-state index in [1.54, 1.807) is 6.20 Å². The summed E-state index contributed by atoms with van der Waals surface area (Å²) in [6.45, 7) is 0. The summed E-state index contributed by atoms with van der Waals surface area (Å²) in [5.74, 6) is 0.467. The van der Waals surface area contributed by atoms with Crippen LogP contribution in [0.5, 0.6) is 5.88 Å². The van der Waals surface area contributed by atoms with Gasteiger partial charge in [0.15, 0.2) is 5.15 Å². The van der Waals surface area contributed by atoms with Crippen LogP contribution in [0.25, 0.3) is 0 Å². The molecule has 0 saturated heterocycles. The van der Waals surface area contributed by atoms with Crippen molar-refractivity contribution in [3.63, 3.8) is 0 Å². The Balaban J connectivity index is 2.02. The first kappa shape index (κ1) is 11.6. The van der Waals surface area contributed by atoms with Crippen molar-refractivity contribution in [1.29, 1.82) is 0 Å². The first-order chi connectivity index (χ1) is 7.75.